The molecule has 2 fully saturated rings. The predicted molar refractivity (Wildman–Crippen MR) is 99.4 cm³/mol. The molecule has 2 saturated heterocycles. The topological polar surface area (TPSA) is 55.2 Å². The molecule has 0 bridgehead atoms. The molecule has 146 valence electrons. The highest BCUT2D eigenvalue weighted by Gasteiger charge is 2.48. The van der Waals surface area contributed by atoms with Crippen molar-refractivity contribution in [1.82, 2.24) is 9.80 Å². The second-order valence-corrected chi connectivity index (χ2v) is 7.86. The first-order chi connectivity index (χ1) is 12.5. The third kappa shape index (κ3) is 3.82. The lowest BCUT2D eigenvalue weighted by molar-refractivity contribution is 0.0320. The van der Waals surface area contributed by atoms with Crippen molar-refractivity contribution < 1.29 is 18.7 Å². The van der Waals surface area contributed by atoms with Crippen LogP contribution in [0.3, 0.4) is 0 Å². The van der Waals surface area contributed by atoms with Gasteiger partial charge in [0, 0.05) is 52.9 Å². The fourth-order valence-corrected chi connectivity index (χ4v) is 4.70. The lowest BCUT2D eigenvalue weighted by Crippen LogP contribution is -2.47. The SMILES string of the molecule is COCCN1C[C@@H](COC)C2(CCN(C(=O)c3cc(C)oc3C)CC2)C1. The van der Waals surface area contributed by atoms with Crippen LogP contribution >= 0.6 is 0 Å². The minimum atomic E-state index is 0.103. The molecule has 2 aliphatic heterocycles. The minimum absolute atomic E-state index is 0.103. The third-order valence-electron chi connectivity index (χ3n) is 6.18. The number of likely N-dealkylation sites (tertiary alicyclic amines) is 2. The molecule has 3 rings (SSSR count). The number of furan rings is 1. The first-order valence-electron chi connectivity index (χ1n) is 9.55. The summed E-state index contributed by atoms with van der Waals surface area (Å²) in [5, 5.41) is 0. The Bertz CT molecular complexity index is 619. The van der Waals surface area contributed by atoms with E-state index >= 15 is 0 Å². The number of carbonyl (C=O) groups excluding carboxylic acids is 1. The molecule has 0 N–H and O–H groups in total. The highest BCUT2D eigenvalue weighted by atomic mass is 16.5. The van der Waals surface area contributed by atoms with Crippen LogP contribution in [-0.4, -0.2) is 75.9 Å². The van der Waals surface area contributed by atoms with Crippen LogP contribution in [-0.2, 0) is 9.47 Å². The maximum Gasteiger partial charge on any atom is 0.257 e. The van der Waals surface area contributed by atoms with Crippen molar-refractivity contribution in [3.05, 3.63) is 23.2 Å². The van der Waals surface area contributed by atoms with Crippen molar-refractivity contribution >= 4 is 5.91 Å². The molecule has 1 aromatic heterocycles. The predicted octanol–water partition coefficient (Wildman–Crippen LogP) is 2.34. The van der Waals surface area contributed by atoms with E-state index in [9.17, 15) is 4.79 Å². The second-order valence-electron chi connectivity index (χ2n) is 7.86. The van der Waals surface area contributed by atoms with Crippen LogP contribution in [0.2, 0.25) is 0 Å². The summed E-state index contributed by atoms with van der Waals surface area (Å²) in [6.45, 7) is 10.0. The molecule has 0 radical (unpaired) electrons. The maximum absolute atomic E-state index is 12.9. The average Bonchev–Trinajstić information content (AvgIpc) is 3.13. The van der Waals surface area contributed by atoms with Crippen molar-refractivity contribution in [3.63, 3.8) is 0 Å². The van der Waals surface area contributed by atoms with E-state index in [4.69, 9.17) is 13.9 Å². The Morgan fingerprint density at radius 3 is 2.58 bits per heavy atom. The van der Waals surface area contributed by atoms with Gasteiger partial charge in [-0.05, 0) is 38.2 Å². The van der Waals surface area contributed by atoms with Gasteiger partial charge in [0.25, 0.3) is 5.91 Å². The van der Waals surface area contributed by atoms with Crippen molar-refractivity contribution in [2.24, 2.45) is 11.3 Å². The molecule has 0 saturated carbocycles. The summed E-state index contributed by atoms with van der Waals surface area (Å²) >= 11 is 0. The van der Waals surface area contributed by atoms with Gasteiger partial charge in [0.1, 0.15) is 11.5 Å². The first-order valence-corrected chi connectivity index (χ1v) is 9.55. The van der Waals surface area contributed by atoms with Crippen LogP contribution < -0.4 is 0 Å². The molecule has 1 atom stereocenters. The minimum Gasteiger partial charge on any atom is -0.466 e. The van der Waals surface area contributed by atoms with Crippen LogP contribution in [0.4, 0.5) is 0 Å². The van der Waals surface area contributed by atoms with Crippen LogP contribution in [0.15, 0.2) is 10.5 Å². The molecule has 26 heavy (non-hydrogen) atoms. The molecule has 0 aliphatic carbocycles. The number of nitrogens with zero attached hydrogens (tertiary/aromatic N) is 2. The van der Waals surface area contributed by atoms with E-state index in [-0.39, 0.29) is 11.3 Å². The van der Waals surface area contributed by atoms with E-state index in [2.05, 4.69) is 4.90 Å². The largest absolute Gasteiger partial charge is 0.466 e. The Morgan fingerprint density at radius 2 is 2.00 bits per heavy atom. The highest BCUT2D eigenvalue weighted by Crippen LogP contribution is 2.45. The number of rotatable bonds is 6. The number of methoxy groups -OCH3 is 2. The smallest absolute Gasteiger partial charge is 0.257 e. The number of ether oxygens (including phenoxy) is 2. The zero-order valence-electron chi connectivity index (χ0n) is 16.5. The number of hydrogen-bond acceptors (Lipinski definition) is 5. The van der Waals surface area contributed by atoms with Crippen LogP contribution in [0, 0.1) is 25.2 Å². The first kappa shape index (κ1) is 19.4. The summed E-state index contributed by atoms with van der Waals surface area (Å²) in [7, 11) is 3.54. The summed E-state index contributed by atoms with van der Waals surface area (Å²) in [6.07, 6.45) is 2.07. The molecule has 6 heteroatoms. The zero-order valence-corrected chi connectivity index (χ0v) is 16.5. The zero-order chi connectivity index (χ0) is 18.7. The van der Waals surface area contributed by atoms with Crippen molar-refractivity contribution in [2.45, 2.75) is 26.7 Å². The molecule has 1 spiro atoms. The van der Waals surface area contributed by atoms with Gasteiger partial charge in [-0.15, -0.1) is 0 Å². The third-order valence-corrected chi connectivity index (χ3v) is 6.18. The van der Waals surface area contributed by atoms with E-state index in [0.29, 0.717) is 11.5 Å². The summed E-state index contributed by atoms with van der Waals surface area (Å²) in [5.41, 5.74) is 0.960. The number of amides is 1. The normalized spacial score (nSPS) is 23.1. The fraction of sp³-hybridized carbons (Fsp3) is 0.750. The molecule has 6 nitrogen and oxygen atoms in total. The van der Waals surface area contributed by atoms with Gasteiger partial charge < -0.3 is 23.7 Å². The van der Waals surface area contributed by atoms with Gasteiger partial charge in [-0.2, -0.15) is 0 Å². The lowest BCUT2D eigenvalue weighted by Gasteiger charge is -2.42. The van der Waals surface area contributed by atoms with Crippen molar-refractivity contribution in [2.75, 3.05) is 60.2 Å². The molecule has 3 heterocycles. The standard InChI is InChI=1S/C20H32N2O4/c1-15-11-18(16(2)26-15)19(23)22-7-5-20(6-8-22)14-21(9-10-24-3)12-17(20)13-25-4/h11,17H,5-10,12-14H2,1-4H3/t17-/m0/s1. The molecule has 0 unspecified atom stereocenters. The average molecular weight is 364 g/mol. The summed E-state index contributed by atoms with van der Waals surface area (Å²) < 4.78 is 16.3. The van der Waals surface area contributed by atoms with Gasteiger partial charge >= 0.3 is 0 Å². The van der Waals surface area contributed by atoms with E-state index < -0.39 is 0 Å². The molecule has 1 aromatic rings. The van der Waals surface area contributed by atoms with Crippen molar-refractivity contribution in [1.29, 1.82) is 0 Å². The molecule has 0 aromatic carbocycles. The highest BCUT2D eigenvalue weighted by molar-refractivity contribution is 5.95. The molecule has 1 amide bonds. The number of hydrogen-bond donors (Lipinski definition) is 0. The number of aryl methyl sites for hydroxylation is 2. The van der Waals surface area contributed by atoms with E-state index in [1.165, 1.54) is 0 Å². The number of carbonyl (C=O) groups is 1. The van der Waals surface area contributed by atoms with E-state index in [1.807, 2.05) is 24.8 Å². The van der Waals surface area contributed by atoms with Gasteiger partial charge in [-0.25, -0.2) is 0 Å². The number of piperidine rings is 1. The molecule has 2 aliphatic rings. The van der Waals surface area contributed by atoms with Gasteiger partial charge in [-0.3, -0.25) is 4.79 Å². The van der Waals surface area contributed by atoms with Gasteiger partial charge in [-0.1, -0.05) is 0 Å². The van der Waals surface area contributed by atoms with Gasteiger partial charge in [0.05, 0.1) is 18.8 Å². The Balaban J connectivity index is 1.65. The van der Waals surface area contributed by atoms with E-state index in [1.54, 1.807) is 14.2 Å². The summed E-state index contributed by atoms with van der Waals surface area (Å²) in [4.78, 5) is 17.3. The fourth-order valence-electron chi connectivity index (χ4n) is 4.70. The van der Waals surface area contributed by atoms with Gasteiger partial charge in [0.15, 0.2) is 0 Å². The Morgan fingerprint density at radius 1 is 1.27 bits per heavy atom. The Hall–Kier alpha value is -1.37. The summed E-state index contributed by atoms with van der Waals surface area (Å²) in [5.74, 6) is 2.15. The second kappa shape index (κ2) is 8.11. The van der Waals surface area contributed by atoms with Crippen LogP contribution in [0.1, 0.15) is 34.7 Å². The van der Waals surface area contributed by atoms with Crippen LogP contribution in [0.25, 0.3) is 0 Å². The summed E-state index contributed by atoms with van der Waals surface area (Å²) in [6, 6.07) is 1.86. The quantitative estimate of drug-likeness (QED) is 0.776. The maximum atomic E-state index is 12.9. The molecular weight excluding hydrogens is 332 g/mol. The van der Waals surface area contributed by atoms with Gasteiger partial charge in [0.2, 0.25) is 0 Å². The monoisotopic (exact) mass is 364 g/mol. The molecular formula is C20H32N2O4. The van der Waals surface area contributed by atoms with Crippen molar-refractivity contribution in [3.8, 4) is 0 Å². The van der Waals surface area contributed by atoms with E-state index in [0.717, 1.165) is 70.3 Å². The Labute approximate surface area is 156 Å². The lowest BCUT2D eigenvalue weighted by atomic mass is 9.71. The Kier molecular flexibility index (Phi) is 6.05. The van der Waals surface area contributed by atoms with Crippen LogP contribution in [0.5, 0.6) is 0 Å².